The van der Waals surface area contributed by atoms with E-state index in [9.17, 15) is 35.9 Å². The minimum atomic E-state index is -5.09. The van der Waals surface area contributed by atoms with Crippen LogP contribution >= 0.6 is 23.2 Å². The lowest BCUT2D eigenvalue weighted by Crippen LogP contribution is -2.48. The first-order chi connectivity index (χ1) is 20.2. The Bertz CT molecular complexity index is 1360. The number of hydrogen-bond donors (Lipinski definition) is 0. The van der Waals surface area contributed by atoms with E-state index in [4.69, 9.17) is 27.9 Å². The Kier molecular flexibility index (Phi) is 9.78. The molecule has 2 aliphatic rings. The summed E-state index contributed by atoms with van der Waals surface area (Å²) in [5.41, 5.74) is -3.75. The van der Waals surface area contributed by atoms with Crippen molar-refractivity contribution in [2.75, 3.05) is 33.2 Å². The summed E-state index contributed by atoms with van der Waals surface area (Å²) in [7, 11) is 1.37. The Hall–Kier alpha value is -2.70. The van der Waals surface area contributed by atoms with Crippen LogP contribution in [0.25, 0.3) is 0 Å². The summed E-state index contributed by atoms with van der Waals surface area (Å²) in [5.74, 6) is -1.35. The molecule has 2 fully saturated rings. The van der Waals surface area contributed by atoms with Crippen LogP contribution in [0, 0.1) is 0 Å². The smallest absolute Gasteiger partial charge is 0.416 e. The summed E-state index contributed by atoms with van der Waals surface area (Å²) in [6.07, 6.45) is -9.36. The lowest BCUT2D eigenvalue weighted by Gasteiger charge is -2.37. The van der Waals surface area contributed by atoms with Gasteiger partial charge in [0.1, 0.15) is 5.60 Å². The van der Waals surface area contributed by atoms with Crippen LogP contribution in [0.5, 0.6) is 0 Å². The number of halogens is 8. The van der Waals surface area contributed by atoms with Crippen molar-refractivity contribution in [2.24, 2.45) is 0 Å². The lowest BCUT2D eigenvalue weighted by molar-refractivity contribution is -0.143. The molecule has 2 saturated heterocycles. The van der Waals surface area contributed by atoms with Gasteiger partial charge >= 0.3 is 18.4 Å². The third-order valence-electron chi connectivity index (χ3n) is 7.97. The molecule has 0 bridgehead atoms. The second kappa shape index (κ2) is 12.6. The number of amides is 2. The van der Waals surface area contributed by atoms with Crippen molar-refractivity contribution in [1.82, 2.24) is 14.7 Å². The largest absolute Gasteiger partial charge is 0.444 e. The zero-order valence-electron chi connectivity index (χ0n) is 24.5. The highest BCUT2D eigenvalue weighted by Gasteiger charge is 2.43. The summed E-state index contributed by atoms with van der Waals surface area (Å²) in [4.78, 5) is 31.1. The van der Waals surface area contributed by atoms with Gasteiger partial charge in [-0.3, -0.25) is 9.69 Å². The molecule has 0 saturated carbocycles. The summed E-state index contributed by atoms with van der Waals surface area (Å²) in [6.45, 7) is 6.97. The fourth-order valence-electron chi connectivity index (χ4n) is 5.75. The number of rotatable bonds is 4. The van der Waals surface area contributed by atoms with E-state index in [1.54, 1.807) is 43.9 Å². The number of likely N-dealkylation sites (N-methyl/N-ethyl adjacent to an activating group) is 1. The standard InChI is InChI=1S/C30H33Cl2F6N3O3/c1-28(2,3)44-27(43)40-9-7-21(8-10-40)41-15-22(17-5-6-23(31)24(32)13-17)25(16-41)39(4)26(42)18-11-19(29(33,34)35)14-20(12-18)30(36,37)38/h5-6,11-14,21-22,25H,7-10,15-16H2,1-4H3. The number of carbonyl (C=O) groups is 2. The molecule has 2 aromatic rings. The normalized spacial score (nSPS) is 20.6. The van der Waals surface area contributed by atoms with E-state index in [2.05, 4.69) is 4.90 Å². The quantitative estimate of drug-likeness (QED) is 0.311. The highest BCUT2D eigenvalue weighted by molar-refractivity contribution is 6.42. The van der Waals surface area contributed by atoms with Crippen molar-refractivity contribution in [1.29, 1.82) is 0 Å². The third kappa shape index (κ3) is 7.92. The fraction of sp³-hybridized carbons (Fsp3) is 0.533. The molecule has 2 heterocycles. The average Bonchev–Trinajstić information content (AvgIpc) is 3.37. The Labute approximate surface area is 261 Å². The second-order valence-corrected chi connectivity index (χ2v) is 13.0. The van der Waals surface area contributed by atoms with E-state index >= 15 is 0 Å². The molecule has 6 nitrogen and oxygen atoms in total. The molecular weight excluding hydrogens is 635 g/mol. The number of ether oxygens (including phenoxy) is 1. The second-order valence-electron chi connectivity index (χ2n) is 12.2. The Balaban J connectivity index is 1.61. The van der Waals surface area contributed by atoms with Crippen molar-refractivity contribution in [3.05, 3.63) is 68.7 Å². The number of benzene rings is 2. The minimum absolute atomic E-state index is 0.00373. The maximum atomic E-state index is 13.6. The molecule has 44 heavy (non-hydrogen) atoms. The molecular formula is C30H33Cl2F6N3O3. The average molecular weight is 669 g/mol. The monoisotopic (exact) mass is 667 g/mol. The topological polar surface area (TPSA) is 53.1 Å². The zero-order valence-corrected chi connectivity index (χ0v) is 26.0. The molecule has 2 atom stereocenters. The summed E-state index contributed by atoms with van der Waals surface area (Å²) >= 11 is 12.4. The Morgan fingerprint density at radius 3 is 1.93 bits per heavy atom. The van der Waals surface area contributed by atoms with Gasteiger partial charge in [-0.2, -0.15) is 26.3 Å². The van der Waals surface area contributed by atoms with Crippen LogP contribution in [-0.4, -0.2) is 77.6 Å². The van der Waals surface area contributed by atoms with Gasteiger partial charge in [0.25, 0.3) is 5.91 Å². The van der Waals surface area contributed by atoms with Gasteiger partial charge in [-0.25, -0.2) is 4.79 Å². The number of alkyl halides is 6. The van der Waals surface area contributed by atoms with Gasteiger partial charge in [0.05, 0.1) is 27.2 Å². The van der Waals surface area contributed by atoms with Gasteiger partial charge in [0.2, 0.25) is 0 Å². The van der Waals surface area contributed by atoms with E-state index in [0.717, 1.165) is 5.56 Å². The molecule has 4 rings (SSSR count). The molecule has 0 aliphatic carbocycles. The van der Waals surface area contributed by atoms with E-state index in [-0.39, 0.29) is 23.0 Å². The van der Waals surface area contributed by atoms with Gasteiger partial charge in [-0.1, -0.05) is 29.3 Å². The van der Waals surface area contributed by atoms with Crippen molar-refractivity contribution >= 4 is 35.2 Å². The highest BCUT2D eigenvalue weighted by Crippen LogP contribution is 2.39. The first-order valence-electron chi connectivity index (χ1n) is 14.0. The van der Waals surface area contributed by atoms with Crippen LogP contribution in [-0.2, 0) is 17.1 Å². The summed E-state index contributed by atoms with van der Waals surface area (Å²) in [6, 6.07) is 5.28. The van der Waals surface area contributed by atoms with Crippen molar-refractivity contribution in [3.63, 3.8) is 0 Å². The Morgan fingerprint density at radius 1 is 0.864 bits per heavy atom. The number of carbonyl (C=O) groups excluding carboxylic acids is 2. The molecule has 2 aromatic carbocycles. The molecule has 0 N–H and O–H groups in total. The van der Waals surface area contributed by atoms with Crippen LogP contribution in [0.1, 0.15) is 66.6 Å². The molecule has 0 radical (unpaired) electrons. The van der Waals surface area contributed by atoms with Crippen molar-refractivity contribution in [3.8, 4) is 0 Å². The van der Waals surface area contributed by atoms with Crippen LogP contribution in [0.4, 0.5) is 31.1 Å². The SMILES string of the molecule is CN(C(=O)c1cc(C(F)(F)F)cc(C(F)(F)F)c1)C1CN(C2CCN(C(=O)OC(C)(C)C)CC2)CC1c1ccc(Cl)c(Cl)c1. The van der Waals surface area contributed by atoms with Crippen molar-refractivity contribution < 1.29 is 40.7 Å². The maximum absolute atomic E-state index is 13.6. The van der Waals surface area contributed by atoms with Gasteiger partial charge in [0.15, 0.2) is 0 Å². The predicted octanol–water partition coefficient (Wildman–Crippen LogP) is 7.97. The number of likely N-dealkylation sites (tertiary alicyclic amines) is 2. The molecule has 0 aromatic heterocycles. The predicted molar refractivity (Wildman–Crippen MR) is 154 cm³/mol. The summed E-state index contributed by atoms with van der Waals surface area (Å²) < 4.78 is 86.6. The lowest BCUT2D eigenvalue weighted by atomic mass is 9.93. The molecule has 2 unspecified atom stereocenters. The van der Waals surface area contributed by atoms with Gasteiger partial charge < -0.3 is 14.5 Å². The number of piperidine rings is 1. The first kappa shape index (κ1) is 34.2. The fourth-order valence-corrected chi connectivity index (χ4v) is 6.06. The third-order valence-corrected chi connectivity index (χ3v) is 8.71. The molecule has 0 spiro atoms. The zero-order chi connectivity index (χ0) is 32.8. The molecule has 242 valence electrons. The molecule has 14 heteroatoms. The van der Waals surface area contributed by atoms with Crippen LogP contribution < -0.4 is 0 Å². The number of hydrogen-bond acceptors (Lipinski definition) is 4. The van der Waals surface area contributed by atoms with Gasteiger partial charge in [-0.15, -0.1) is 0 Å². The van der Waals surface area contributed by atoms with E-state index in [0.29, 0.717) is 56.2 Å². The van der Waals surface area contributed by atoms with Gasteiger partial charge in [-0.05, 0) is 69.5 Å². The first-order valence-corrected chi connectivity index (χ1v) is 14.7. The van der Waals surface area contributed by atoms with Crippen LogP contribution in [0.3, 0.4) is 0 Å². The molecule has 2 aliphatic heterocycles. The van der Waals surface area contributed by atoms with Crippen LogP contribution in [0.15, 0.2) is 36.4 Å². The van der Waals surface area contributed by atoms with Crippen molar-refractivity contribution in [2.45, 2.75) is 69.6 Å². The molecule has 2 amide bonds. The van der Waals surface area contributed by atoms with Crippen LogP contribution in [0.2, 0.25) is 10.0 Å². The van der Waals surface area contributed by atoms with E-state index in [1.165, 1.54) is 11.9 Å². The Morgan fingerprint density at radius 2 is 1.43 bits per heavy atom. The van der Waals surface area contributed by atoms with E-state index < -0.39 is 52.7 Å². The number of nitrogens with zero attached hydrogens (tertiary/aromatic N) is 3. The van der Waals surface area contributed by atoms with Gasteiger partial charge in [0, 0.05) is 50.7 Å². The van der Waals surface area contributed by atoms with E-state index in [1.807, 2.05) is 0 Å². The summed E-state index contributed by atoms with van der Waals surface area (Å²) in [5, 5.41) is 0.582. The highest BCUT2D eigenvalue weighted by atomic mass is 35.5. The maximum Gasteiger partial charge on any atom is 0.416 e. The minimum Gasteiger partial charge on any atom is -0.444 e.